The fraction of sp³-hybridized carbons (Fsp3) is 0.333. The number of hydrogen-bond acceptors (Lipinski definition) is 5. The highest BCUT2D eigenvalue weighted by Gasteiger charge is 2.24. The molecule has 7 heteroatoms. The summed E-state index contributed by atoms with van der Waals surface area (Å²) in [5, 5.41) is 11.9. The maximum atomic E-state index is 11.2. The summed E-state index contributed by atoms with van der Waals surface area (Å²) >= 11 is 0. The van der Waals surface area contributed by atoms with Gasteiger partial charge in [0.25, 0.3) is 0 Å². The first-order valence-corrected chi connectivity index (χ1v) is 6.83. The van der Waals surface area contributed by atoms with Gasteiger partial charge in [-0.05, 0) is 31.5 Å². The molecule has 0 bridgehead atoms. The Bertz CT molecular complexity index is 546. The molecule has 1 aromatic rings. The maximum absolute atomic E-state index is 11.2. The van der Waals surface area contributed by atoms with Crippen LogP contribution in [0.15, 0.2) is 30.3 Å². The summed E-state index contributed by atoms with van der Waals surface area (Å²) in [6.45, 7) is 0.304. The molecule has 1 rings (SSSR count). The van der Waals surface area contributed by atoms with E-state index in [-0.39, 0.29) is 11.3 Å². The number of anilines is 1. The lowest BCUT2D eigenvalue weighted by molar-refractivity contribution is -0.136. The zero-order chi connectivity index (χ0) is 14.3. The van der Waals surface area contributed by atoms with Gasteiger partial charge in [-0.1, -0.05) is 18.2 Å². The van der Waals surface area contributed by atoms with Crippen molar-refractivity contribution in [1.82, 2.24) is 0 Å². The maximum Gasteiger partial charge on any atom is 0.331 e. The highest BCUT2D eigenvalue weighted by Crippen LogP contribution is 2.10. The second-order valence-electron chi connectivity index (χ2n) is 3.87. The number of carboxylic acid groups (broad SMARTS) is 1. The predicted octanol–water partition coefficient (Wildman–Crippen LogP) is 0.342. The van der Waals surface area contributed by atoms with Crippen molar-refractivity contribution in [3.05, 3.63) is 30.3 Å². The molecule has 0 saturated heterocycles. The average molecular weight is 284 g/mol. The number of aliphatic carboxylic acids is 1. The standard InChI is InChI=1S/C12H16N2O4S/c13-8-4-7-10(19(17)18)11(12(15)16)14-9-5-2-1-3-6-9/h1-3,5-6,11,14H,4,7-8,13H2,(H,15,16). The van der Waals surface area contributed by atoms with E-state index >= 15 is 0 Å². The molecule has 0 aliphatic carbocycles. The number of para-hydroxylation sites is 1. The third-order valence-electron chi connectivity index (χ3n) is 2.50. The first kappa shape index (κ1) is 15.2. The molecule has 0 heterocycles. The van der Waals surface area contributed by atoms with Crippen LogP contribution in [0.1, 0.15) is 12.8 Å². The molecule has 19 heavy (non-hydrogen) atoms. The molecule has 1 atom stereocenters. The minimum atomic E-state index is -2.56. The molecule has 4 N–H and O–H groups in total. The van der Waals surface area contributed by atoms with E-state index in [9.17, 15) is 13.2 Å². The second kappa shape index (κ2) is 7.55. The molecule has 1 aromatic carbocycles. The van der Waals surface area contributed by atoms with Crippen LogP contribution in [0.5, 0.6) is 0 Å². The van der Waals surface area contributed by atoms with Crippen molar-refractivity contribution in [3.63, 3.8) is 0 Å². The molecule has 0 amide bonds. The van der Waals surface area contributed by atoms with Crippen LogP contribution in [-0.4, -0.2) is 36.9 Å². The highest BCUT2D eigenvalue weighted by molar-refractivity contribution is 7.73. The van der Waals surface area contributed by atoms with Gasteiger partial charge in [0.05, 0.1) is 4.86 Å². The lowest BCUT2D eigenvalue weighted by Crippen LogP contribution is -2.38. The molecule has 0 fully saturated rings. The van der Waals surface area contributed by atoms with Crippen LogP contribution in [0.25, 0.3) is 0 Å². The third-order valence-corrected chi connectivity index (χ3v) is 3.36. The van der Waals surface area contributed by atoms with Crippen LogP contribution in [0.2, 0.25) is 0 Å². The van der Waals surface area contributed by atoms with E-state index in [1.807, 2.05) is 0 Å². The van der Waals surface area contributed by atoms with Crippen molar-refractivity contribution in [2.45, 2.75) is 18.9 Å². The number of carboxylic acids is 1. The number of nitrogens with two attached hydrogens (primary N) is 1. The van der Waals surface area contributed by atoms with Gasteiger partial charge in [-0.25, -0.2) is 4.79 Å². The zero-order valence-electron chi connectivity index (χ0n) is 10.2. The minimum absolute atomic E-state index is 0.0956. The van der Waals surface area contributed by atoms with Crippen LogP contribution in [0.4, 0.5) is 5.69 Å². The van der Waals surface area contributed by atoms with Gasteiger partial charge in [-0.3, -0.25) is 0 Å². The first-order chi connectivity index (χ1) is 9.06. The lowest BCUT2D eigenvalue weighted by atomic mass is 10.1. The van der Waals surface area contributed by atoms with E-state index in [4.69, 9.17) is 10.8 Å². The monoisotopic (exact) mass is 284 g/mol. The summed E-state index contributed by atoms with van der Waals surface area (Å²) < 4.78 is 22.3. The summed E-state index contributed by atoms with van der Waals surface area (Å²) in [5.74, 6) is -1.24. The highest BCUT2D eigenvalue weighted by atomic mass is 32.2. The van der Waals surface area contributed by atoms with Gasteiger partial charge >= 0.3 is 5.97 Å². The van der Waals surface area contributed by atoms with Gasteiger partial charge in [-0.2, -0.15) is 8.42 Å². The summed E-state index contributed by atoms with van der Waals surface area (Å²) in [5.41, 5.74) is 5.87. The fourth-order valence-corrected chi connectivity index (χ4v) is 2.24. The van der Waals surface area contributed by atoms with E-state index in [1.165, 1.54) is 0 Å². The summed E-state index contributed by atoms with van der Waals surface area (Å²) in [7, 11) is -2.56. The number of nitrogens with one attached hydrogen (secondary N) is 1. The van der Waals surface area contributed by atoms with E-state index < -0.39 is 22.3 Å². The van der Waals surface area contributed by atoms with Crippen LogP contribution in [0.3, 0.4) is 0 Å². The first-order valence-electron chi connectivity index (χ1n) is 5.75. The molecule has 0 aliphatic rings. The molecule has 104 valence electrons. The molecular formula is C12H16N2O4S. The summed E-state index contributed by atoms with van der Waals surface area (Å²) in [6, 6.07) is 7.32. The molecule has 0 aliphatic heterocycles. The Morgan fingerprint density at radius 1 is 1.32 bits per heavy atom. The molecule has 0 spiro atoms. The zero-order valence-corrected chi connectivity index (χ0v) is 11.1. The molecule has 6 nitrogen and oxygen atoms in total. The van der Waals surface area contributed by atoms with E-state index in [2.05, 4.69) is 5.32 Å². The van der Waals surface area contributed by atoms with Gasteiger partial charge in [0.15, 0.2) is 6.04 Å². The largest absolute Gasteiger partial charge is 0.479 e. The Morgan fingerprint density at radius 2 is 1.95 bits per heavy atom. The number of hydrogen-bond donors (Lipinski definition) is 3. The van der Waals surface area contributed by atoms with Gasteiger partial charge in [0.1, 0.15) is 0 Å². The molecule has 1 unspecified atom stereocenters. The Hall–Kier alpha value is -1.86. The van der Waals surface area contributed by atoms with Gasteiger partial charge in [0, 0.05) is 5.69 Å². The smallest absolute Gasteiger partial charge is 0.331 e. The van der Waals surface area contributed by atoms with Crippen molar-refractivity contribution < 1.29 is 18.3 Å². The number of carbonyl (C=O) groups is 1. The van der Waals surface area contributed by atoms with Gasteiger partial charge in [-0.15, -0.1) is 0 Å². The Morgan fingerprint density at radius 3 is 2.42 bits per heavy atom. The Kier molecular flexibility index (Phi) is 6.04. The summed E-state index contributed by atoms with van der Waals surface area (Å²) in [4.78, 5) is 11.1. The van der Waals surface area contributed by atoms with E-state index in [1.54, 1.807) is 30.3 Å². The molecule has 0 radical (unpaired) electrons. The molecular weight excluding hydrogens is 268 g/mol. The Balaban J connectivity index is 2.99. The molecule has 0 aromatic heterocycles. The second-order valence-corrected chi connectivity index (χ2v) is 4.87. The van der Waals surface area contributed by atoms with Gasteiger partial charge in [0.2, 0.25) is 10.3 Å². The SMILES string of the molecule is NCCCC(C(Nc1ccccc1)C(=O)O)=S(=O)=O. The van der Waals surface area contributed by atoms with Gasteiger partial charge < -0.3 is 16.2 Å². The van der Waals surface area contributed by atoms with Crippen LogP contribution < -0.4 is 11.1 Å². The quantitative estimate of drug-likeness (QED) is 0.623. The summed E-state index contributed by atoms with van der Waals surface area (Å²) in [6.07, 6.45) is 0.549. The van der Waals surface area contributed by atoms with Crippen LogP contribution >= 0.6 is 0 Å². The van der Waals surface area contributed by atoms with Crippen molar-refractivity contribution in [1.29, 1.82) is 0 Å². The lowest BCUT2D eigenvalue weighted by Gasteiger charge is -2.16. The van der Waals surface area contributed by atoms with Crippen LogP contribution in [0, 0.1) is 0 Å². The normalized spacial score (nSPS) is 11.6. The Labute approximate surface area is 112 Å². The average Bonchev–Trinajstić information content (AvgIpc) is 2.38. The number of rotatable bonds is 7. The van der Waals surface area contributed by atoms with E-state index in [0.29, 0.717) is 18.7 Å². The van der Waals surface area contributed by atoms with Crippen molar-refractivity contribution in [3.8, 4) is 0 Å². The van der Waals surface area contributed by atoms with Crippen LogP contribution in [-0.2, 0) is 15.1 Å². The predicted molar refractivity (Wildman–Crippen MR) is 73.7 cm³/mol. The fourth-order valence-electron chi connectivity index (χ4n) is 1.58. The third kappa shape index (κ3) is 4.72. The van der Waals surface area contributed by atoms with E-state index in [0.717, 1.165) is 0 Å². The van der Waals surface area contributed by atoms with Crippen molar-refractivity contribution >= 4 is 26.8 Å². The molecule has 0 saturated carbocycles. The van der Waals surface area contributed by atoms with Crippen molar-refractivity contribution in [2.24, 2.45) is 5.73 Å². The van der Waals surface area contributed by atoms with Crippen molar-refractivity contribution in [2.75, 3.05) is 11.9 Å². The minimum Gasteiger partial charge on any atom is -0.479 e. The topological polar surface area (TPSA) is 109 Å². The number of benzene rings is 1.